The van der Waals surface area contributed by atoms with Gasteiger partial charge < -0.3 is 4.74 Å². The summed E-state index contributed by atoms with van der Waals surface area (Å²) >= 11 is 0. The molecule has 2 bridgehead atoms. The molecule has 0 spiro atoms. The smallest absolute Gasteiger partial charge is 0.0875 e. The average Bonchev–Trinajstić information content (AvgIpc) is 2.53. The number of hydrogen-bond donors (Lipinski definition) is 0. The van der Waals surface area contributed by atoms with E-state index in [2.05, 4.69) is 0 Å². The molecular formula is C10H14O. The zero-order valence-corrected chi connectivity index (χ0v) is 6.70. The molecule has 1 saturated heterocycles. The summed E-state index contributed by atoms with van der Waals surface area (Å²) in [7, 11) is 0. The van der Waals surface area contributed by atoms with Crippen LogP contribution in [0.4, 0.5) is 0 Å². The zero-order valence-electron chi connectivity index (χ0n) is 6.70. The zero-order chi connectivity index (χ0) is 7.00. The minimum atomic E-state index is 0.730. The van der Waals surface area contributed by atoms with E-state index in [9.17, 15) is 0 Å². The van der Waals surface area contributed by atoms with Crippen LogP contribution < -0.4 is 0 Å². The van der Waals surface area contributed by atoms with Gasteiger partial charge in [-0.15, -0.1) is 0 Å². The van der Waals surface area contributed by atoms with Crippen LogP contribution in [0.2, 0.25) is 0 Å². The fraction of sp³-hybridized carbons (Fsp3) is 1.00. The molecule has 4 fully saturated rings. The number of hydrogen-bond acceptors (Lipinski definition) is 1. The Morgan fingerprint density at radius 1 is 1.00 bits per heavy atom. The van der Waals surface area contributed by atoms with Crippen LogP contribution in [-0.2, 0) is 4.74 Å². The average molecular weight is 150 g/mol. The van der Waals surface area contributed by atoms with E-state index in [-0.39, 0.29) is 0 Å². The van der Waals surface area contributed by atoms with Gasteiger partial charge in [0.1, 0.15) is 0 Å². The monoisotopic (exact) mass is 150 g/mol. The fourth-order valence-corrected chi connectivity index (χ4v) is 4.27. The van der Waals surface area contributed by atoms with Gasteiger partial charge in [0.15, 0.2) is 0 Å². The third-order valence-corrected chi connectivity index (χ3v) is 4.66. The molecule has 4 rings (SSSR count). The molecule has 3 saturated carbocycles. The van der Waals surface area contributed by atoms with Crippen molar-refractivity contribution in [3.05, 3.63) is 0 Å². The molecule has 1 heterocycles. The summed E-state index contributed by atoms with van der Waals surface area (Å²) in [6.45, 7) is 0. The lowest BCUT2D eigenvalue weighted by atomic mass is 9.81. The summed E-state index contributed by atoms with van der Waals surface area (Å²) in [4.78, 5) is 0. The Morgan fingerprint density at radius 2 is 1.91 bits per heavy atom. The lowest BCUT2D eigenvalue weighted by Crippen LogP contribution is -2.22. The predicted octanol–water partition coefficient (Wildman–Crippen LogP) is 1.82. The maximum Gasteiger partial charge on any atom is 0.0875 e. The normalized spacial score (nSPS) is 69.8. The summed E-state index contributed by atoms with van der Waals surface area (Å²) in [5.41, 5.74) is 0. The highest BCUT2D eigenvalue weighted by molar-refractivity contribution is 5.12. The molecule has 0 aromatic heterocycles. The topological polar surface area (TPSA) is 12.5 Å². The van der Waals surface area contributed by atoms with Crippen molar-refractivity contribution in [1.82, 2.24) is 0 Å². The molecule has 11 heavy (non-hydrogen) atoms. The molecule has 1 nitrogen and oxygen atoms in total. The van der Waals surface area contributed by atoms with Crippen molar-refractivity contribution in [1.29, 1.82) is 0 Å². The van der Waals surface area contributed by atoms with Crippen molar-refractivity contribution in [2.45, 2.75) is 37.9 Å². The van der Waals surface area contributed by atoms with E-state index >= 15 is 0 Å². The summed E-state index contributed by atoms with van der Waals surface area (Å²) in [5.74, 6) is 4.35. The summed E-state index contributed by atoms with van der Waals surface area (Å²) in [5, 5.41) is 0. The minimum Gasteiger partial charge on any atom is -0.369 e. The first-order chi connectivity index (χ1) is 5.43. The quantitative estimate of drug-likeness (QED) is 0.480. The number of fused-ring (bicyclic) bond motifs is 7. The molecule has 1 heteroatoms. The van der Waals surface area contributed by atoms with E-state index < -0.39 is 0 Å². The van der Waals surface area contributed by atoms with Crippen molar-refractivity contribution in [3.8, 4) is 0 Å². The van der Waals surface area contributed by atoms with Crippen molar-refractivity contribution in [2.75, 3.05) is 0 Å². The first-order valence-corrected chi connectivity index (χ1v) is 5.09. The Balaban J connectivity index is 1.76. The van der Waals surface area contributed by atoms with E-state index in [0.29, 0.717) is 0 Å². The van der Waals surface area contributed by atoms with Crippen LogP contribution in [0.5, 0.6) is 0 Å². The Morgan fingerprint density at radius 3 is 2.82 bits per heavy atom. The molecule has 0 aromatic rings. The van der Waals surface area contributed by atoms with Crippen molar-refractivity contribution in [2.24, 2.45) is 23.7 Å². The SMILES string of the molecule is C1C[C@@H]2CC1C1C3OC3CC12. The maximum absolute atomic E-state index is 5.62. The molecule has 0 aromatic carbocycles. The Kier molecular flexibility index (Phi) is 0.769. The summed E-state index contributed by atoms with van der Waals surface area (Å²) in [6.07, 6.45) is 7.53. The number of ether oxygens (including phenoxy) is 1. The maximum atomic E-state index is 5.62. The molecule has 3 aliphatic carbocycles. The summed E-state index contributed by atoms with van der Waals surface area (Å²) in [6, 6.07) is 0. The minimum absolute atomic E-state index is 0.730. The molecule has 0 amide bonds. The van der Waals surface area contributed by atoms with Gasteiger partial charge in [-0.05, 0) is 49.4 Å². The van der Waals surface area contributed by atoms with Crippen molar-refractivity contribution < 1.29 is 4.74 Å². The Hall–Kier alpha value is -0.0400. The van der Waals surface area contributed by atoms with Crippen molar-refractivity contribution in [3.63, 3.8) is 0 Å². The standard InChI is InChI=1S/C10H14O/c1-2-6-3-5(1)7-4-8-10(11-8)9(6)7/h5-10H,1-4H2/t5-,6?,7?,8?,9?,10?/m1/s1. The lowest BCUT2D eigenvalue weighted by Gasteiger charge is -2.25. The second-order valence-electron chi connectivity index (χ2n) is 4.95. The largest absolute Gasteiger partial charge is 0.369 e. The molecule has 4 aliphatic rings. The van der Waals surface area contributed by atoms with Crippen LogP contribution in [0.15, 0.2) is 0 Å². The van der Waals surface area contributed by atoms with E-state index in [1.165, 1.54) is 12.8 Å². The third-order valence-electron chi connectivity index (χ3n) is 4.66. The molecule has 0 N–H and O–H groups in total. The highest BCUT2D eigenvalue weighted by Crippen LogP contribution is 2.64. The first kappa shape index (κ1) is 5.58. The molecular weight excluding hydrogens is 136 g/mol. The Labute approximate surface area is 67.1 Å². The van der Waals surface area contributed by atoms with Gasteiger partial charge in [-0.2, -0.15) is 0 Å². The van der Waals surface area contributed by atoms with Crippen LogP contribution in [0.3, 0.4) is 0 Å². The lowest BCUT2D eigenvalue weighted by molar-refractivity contribution is 0.147. The van der Waals surface area contributed by atoms with Crippen molar-refractivity contribution >= 4 is 0 Å². The molecule has 0 radical (unpaired) electrons. The van der Waals surface area contributed by atoms with Crippen LogP contribution in [-0.4, -0.2) is 12.2 Å². The second-order valence-corrected chi connectivity index (χ2v) is 4.95. The fourth-order valence-electron chi connectivity index (χ4n) is 4.27. The van der Waals surface area contributed by atoms with E-state index in [0.717, 1.165) is 35.9 Å². The van der Waals surface area contributed by atoms with E-state index in [4.69, 9.17) is 4.74 Å². The molecule has 1 aliphatic heterocycles. The van der Waals surface area contributed by atoms with Gasteiger partial charge in [-0.25, -0.2) is 0 Å². The van der Waals surface area contributed by atoms with Gasteiger partial charge in [0.2, 0.25) is 0 Å². The molecule has 5 unspecified atom stereocenters. The molecule has 60 valence electrons. The Bertz CT molecular complexity index is 213. The van der Waals surface area contributed by atoms with Crippen LogP contribution in [0.25, 0.3) is 0 Å². The molecule has 6 atom stereocenters. The number of epoxide rings is 1. The predicted molar refractivity (Wildman–Crippen MR) is 41.1 cm³/mol. The van der Waals surface area contributed by atoms with Crippen LogP contribution >= 0.6 is 0 Å². The van der Waals surface area contributed by atoms with Gasteiger partial charge in [-0.1, -0.05) is 0 Å². The van der Waals surface area contributed by atoms with Gasteiger partial charge in [0, 0.05) is 0 Å². The van der Waals surface area contributed by atoms with Gasteiger partial charge in [0.25, 0.3) is 0 Å². The van der Waals surface area contributed by atoms with Crippen LogP contribution in [0, 0.1) is 23.7 Å². The third kappa shape index (κ3) is 0.516. The van der Waals surface area contributed by atoms with Gasteiger partial charge in [0.05, 0.1) is 12.2 Å². The van der Waals surface area contributed by atoms with E-state index in [1.807, 2.05) is 0 Å². The van der Waals surface area contributed by atoms with E-state index in [1.54, 1.807) is 12.8 Å². The summed E-state index contributed by atoms with van der Waals surface area (Å²) < 4.78 is 5.62. The highest BCUT2D eigenvalue weighted by Gasteiger charge is 2.64. The number of rotatable bonds is 0. The second kappa shape index (κ2) is 1.52. The first-order valence-electron chi connectivity index (χ1n) is 5.09. The van der Waals surface area contributed by atoms with Gasteiger partial charge in [-0.3, -0.25) is 0 Å². The van der Waals surface area contributed by atoms with Gasteiger partial charge >= 0.3 is 0 Å². The van der Waals surface area contributed by atoms with Crippen LogP contribution in [0.1, 0.15) is 25.7 Å². The highest BCUT2D eigenvalue weighted by atomic mass is 16.6.